The largest absolute Gasteiger partial charge is 0.737 e. The number of fused-ring (bicyclic) bond motifs is 3. The number of amides is 5. The number of aliphatic hydroxyl groups is 1. The molecule has 0 fully saturated rings. The van der Waals surface area contributed by atoms with Gasteiger partial charge in [0.25, 0.3) is 11.5 Å². The van der Waals surface area contributed by atoms with Crippen LogP contribution in [0.15, 0.2) is 81.0 Å². The average Bonchev–Trinajstić information content (AvgIpc) is 4.31. The fourth-order valence-corrected chi connectivity index (χ4v) is 9.95. The van der Waals surface area contributed by atoms with Crippen LogP contribution in [0.2, 0.25) is 0 Å². The van der Waals surface area contributed by atoms with Crippen LogP contribution in [0.4, 0.5) is 8.63 Å². The Balaban J connectivity index is 0.823. The number of nitrogens with zero attached hydrogens (tertiary/aromatic N) is 5. The first-order valence-electron chi connectivity index (χ1n) is 26.8. The number of aliphatic hydroxyl groups excluding tert-OH is 1. The number of carbonyl (C=O) groups is 5. The summed E-state index contributed by atoms with van der Waals surface area (Å²) in [5.74, 6) is -1.99. The van der Waals surface area contributed by atoms with E-state index in [0.29, 0.717) is 90.7 Å². The van der Waals surface area contributed by atoms with Crippen molar-refractivity contribution in [3.05, 3.63) is 115 Å². The van der Waals surface area contributed by atoms with Gasteiger partial charge in [-0.05, 0) is 113 Å². The zero-order valence-corrected chi connectivity index (χ0v) is 45.5. The molecule has 8 N–H and O–H groups in total. The van der Waals surface area contributed by atoms with Gasteiger partial charge in [-0.25, -0.2) is 9.78 Å². The van der Waals surface area contributed by atoms with Gasteiger partial charge in [-0.1, -0.05) is 32.4 Å². The SMILES string of the molecule is CCCn1c(=O)c2[nH]c(-c3ccc(OCC(=O)NCCNC(=O)[C@H](CO)NC(=O)[C@H](Cc4ccc(O)cc4)NC(=O)CCCCCNC(=O)CCC4=[N+]5C(=Cc6c(C)cc(C)n6[B-]5(F)F)C(C)=C4C)cc3)nc2n(CCC)c1=O. The van der Waals surface area contributed by atoms with Crippen molar-refractivity contribution < 1.29 is 52.0 Å². The van der Waals surface area contributed by atoms with E-state index >= 15 is 8.63 Å². The quantitative estimate of drug-likeness (QED) is 0.0276. The van der Waals surface area contributed by atoms with Gasteiger partial charge in [-0.3, -0.25) is 37.9 Å². The number of carbonyl (C=O) groups excluding carboxylic acids is 5. The number of aromatic hydroxyl groups is 1. The number of hydrogen-bond acceptors (Lipinski definition) is 11. The summed E-state index contributed by atoms with van der Waals surface area (Å²) < 4.78 is 42.7. The van der Waals surface area contributed by atoms with Crippen molar-refractivity contribution in [3.8, 4) is 22.9 Å². The van der Waals surface area contributed by atoms with Gasteiger partial charge in [0.1, 0.15) is 40.6 Å². The number of phenolic OH excluding ortho intramolecular Hbond substituents is 1. The molecule has 2 aromatic carbocycles. The Morgan fingerprint density at radius 3 is 2.16 bits per heavy atom. The molecule has 0 spiro atoms. The van der Waals surface area contributed by atoms with Crippen LogP contribution in [-0.4, -0.2) is 125 Å². The molecule has 0 bridgehead atoms. The molecule has 21 nitrogen and oxygen atoms in total. The van der Waals surface area contributed by atoms with Crippen LogP contribution in [0.5, 0.6) is 11.5 Å². The number of benzene rings is 2. The maximum absolute atomic E-state index is 16.1. The lowest BCUT2D eigenvalue weighted by molar-refractivity contribution is -0.364. The van der Waals surface area contributed by atoms with Crippen LogP contribution in [0, 0.1) is 13.8 Å². The summed E-state index contributed by atoms with van der Waals surface area (Å²) in [6.45, 7) is 6.52. The fourth-order valence-electron chi connectivity index (χ4n) is 9.95. The number of imidazole rings is 1. The van der Waals surface area contributed by atoms with Crippen LogP contribution < -0.4 is 42.6 Å². The molecule has 79 heavy (non-hydrogen) atoms. The number of unbranched alkanes of at least 4 members (excludes halogenated alkanes) is 2. The molecule has 0 aliphatic carbocycles. The number of phenols is 1. The average molecular weight is 1090 g/mol. The normalized spacial score (nSPS) is 14.3. The number of H-pyrrole nitrogens is 1. The third kappa shape index (κ3) is 13.6. The molecule has 0 unspecified atom stereocenters. The topological polar surface area (TPSA) is 276 Å². The summed E-state index contributed by atoms with van der Waals surface area (Å²) >= 11 is 0. The highest BCUT2D eigenvalue weighted by Gasteiger charge is 2.54. The molecule has 5 amide bonds. The maximum Gasteiger partial charge on any atom is 0.737 e. The minimum absolute atomic E-state index is 0.00359. The fraction of sp³-hybridized carbons (Fsp3) is 0.436. The highest BCUT2D eigenvalue weighted by Crippen LogP contribution is 2.39. The van der Waals surface area contributed by atoms with Gasteiger partial charge in [0.2, 0.25) is 23.6 Å². The number of nitrogens with one attached hydrogen (secondary N) is 6. The molecule has 0 saturated carbocycles. The first kappa shape index (κ1) is 58.5. The summed E-state index contributed by atoms with van der Waals surface area (Å²) in [5, 5.41) is 33.1. The summed E-state index contributed by atoms with van der Waals surface area (Å²) in [5.41, 5.74) is 4.97. The maximum atomic E-state index is 16.1. The van der Waals surface area contributed by atoms with Gasteiger partial charge in [-0.15, -0.1) is 0 Å². The van der Waals surface area contributed by atoms with Crippen molar-refractivity contribution in [2.45, 2.75) is 125 Å². The number of aromatic nitrogens is 5. The molecule has 2 atom stereocenters. The molecule has 0 radical (unpaired) electrons. The number of halogens is 2. The standard InChI is InChI=1S/C55H70BF2N11O10/c1-7-26-66-51-49(54(77)67(27-8-2)55(66)78)64-50(65-51)38-15-19-40(20-16-38)79-32-48(74)60-24-25-61-52(75)42(31-70)63-53(76)41(29-37-13-17-39(71)18-14-37)62-47(73)12-10-9-11-23-59-46(72)22-21-43-35(5)36(6)45-30-44-33(3)28-34(4)68(44)56(57,58)69(43)45/h13-20,28,30,41-42,70-71H,7-12,21-27,29,31-32H2,1-6H3,(H,59,72)(H,60,74)(H,61,75)(H,62,73)(H,63,76)(H,64,65)/t41-,42-/m0/s1. The van der Waals surface area contributed by atoms with Gasteiger partial charge < -0.3 is 64.1 Å². The van der Waals surface area contributed by atoms with E-state index in [1.807, 2.05) is 27.7 Å². The van der Waals surface area contributed by atoms with E-state index in [1.165, 1.54) is 21.3 Å². The molecule has 7 rings (SSSR count). The smallest absolute Gasteiger partial charge is 0.508 e. The second kappa shape index (κ2) is 26.0. The van der Waals surface area contributed by atoms with Crippen molar-refractivity contribution in [2.75, 3.05) is 32.8 Å². The molecule has 2 aliphatic heterocycles. The molecule has 422 valence electrons. The Hall–Kier alpha value is -8.15. The number of aromatic amines is 1. The van der Waals surface area contributed by atoms with Crippen LogP contribution in [0.25, 0.3) is 28.6 Å². The van der Waals surface area contributed by atoms with E-state index in [2.05, 4.69) is 36.6 Å². The van der Waals surface area contributed by atoms with Crippen LogP contribution in [0.3, 0.4) is 0 Å². The Kier molecular flexibility index (Phi) is 19.3. The molecule has 2 aliphatic rings. The molecule has 5 aromatic rings. The minimum Gasteiger partial charge on any atom is -0.508 e. The molecule has 0 saturated heterocycles. The van der Waals surface area contributed by atoms with Gasteiger partial charge in [-0.2, -0.15) is 0 Å². The number of rotatable bonds is 27. The minimum atomic E-state index is -4.16. The van der Waals surface area contributed by atoms with E-state index in [0.717, 1.165) is 25.7 Å². The first-order chi connectivity index (χ1) is 37.8. The van der Waals surface area contributed by atoms with E-state index in [4.69, 9.17) is 4.74 Å². The van der Waals surface area contributed by atoms with Gasteiger partial charge >= 0.3 is 12.7 Å². The molecular formula is C55H70BF2N11O10. The third-order valence-corrected chi connectivity index (χ3v) is 14.1. The summed E-state index contributed by atoms with van der Waals surface area (Å²) in [6, 6.07) is 11.8. The Morgan fingerprint density at radius 2 is 1.47 bits per heavy atom. The zero-order chi connectivity index (χ0) is 57.1. The molecule has 24 heteroatoms. The lowest BCUT2D eigenvalue weighted by atomic mass is 9.89. The molecular weight excluding hydrogens is 1020 g/mol. The number of aryl methyl sites for hydroxylation is 3. The van der Waals surface area contributed by atoms with Crippen LogP contribution in [-0.2, 0) is 43.5 Å². The highest BCUT2D eigenvalue weighted by atomic mass is 19.2. The highest BCUT2D eigenvalue weighted by molar-refractivity contribution is 6.58. The van der Waals surface area contributed by atoms with E-state index in [1.54, 1.807) is 62.4 Å². The number of ether oxygens (including phenoxy) is 1. The van der Waals surface area contributed by atoms with E-state index in [9.17, 15) is 43.8 Å². The monoisotopic (exact) mass is 1090 g/mol. The predicted octanol–water partition coefficient (Wildman–Crippen LogP) is 3.85. The Bertz CT molecular complexity index is 3320. The van der Waals surface area contributed by atoms with Gasteiger partial charge in [0, 0.05) is 86.9 Å². The lowest BCUT2D eigenvalue weighted by Crippen LogP contribution is -2.56. The molecule has 5 heterocycles. The zero-order valence-electron chi connectivity index (χ0n) is 45.5. The summed E-state index contributed by atoms with van der Waals surface area (Å²) in [7, 11) is 0. The van der Waals surface area contributed by atoms with E-state index in [-0.39, 0.29) is 74.7 Å². The van der Waals surface area contributed by atoms with Crippen molar-refractivity contribution >= 4 is 59.5 Å². The summed E-state index contributed by atoms with van der Waals surface area (Å²) in [6.07, 6.45) is 4.73. The Labute approximate surface area is 455 Å². The second-order valence-corrected chi connectivity index (χ2v) is 19.9. The van der Waals surface area contributed by atoms with Crippen molar-refractivity contribution in [3.63, 3.8) is 0 Å². The van der Waals surface area contributed by atoms with Crippen LogP contribution in [0.1, 0.15) is 102 Å². The number of allylic oxidation sites excluding steroid dienone is 2. The summed E-state index contributed by atoms with van der Waals surface area (Å²) in [4.78, 5) is 99.2. The second-order valence-electron chi connectivity index (χ2n) is 19.9. The third-order valence-electron chi connectivity index (χ3n) is 14.1. The van der Waals surface area contributed by atoms with Crippen LogP contribution >= 0.6 is 0 Å². The molecule has 3 aromatic heterocycles. The van der Waals surface area contributed by atoms with Gasteiger partial charge in [0.15, 0.2) is 18.0 Å². The number of hydrogen-bond donors (Lipinski definition) is 8. The van der Waals surface area contributed by atoms with Crippen molar-refractivity contribution in [1.82, 2.24) is 50.2 Å². The van der Waals surface area contributed by atoms with E-state index < -0.39 is 60.5 Å². The van der Waals surface area contributed by atoms with Crippen molar-refractivity contribution in [2.24, 2.45) is 0 Å². The Morgan fingerprint density at radius 1 is 0.785 bits per heavy atom. The lowest BCUT2D eigenvalue weighted by Gasteiger charge is -2.31. The predicted molar refractivity (Wildman–Crippen MR) is 295 cm³/mol. The van der Waals surface area contributed by atoms with Crippen molar-refractivity contribution in [1.29, 1.82) is 0 Å². The van der Waals surface area contributed by atoms with Gasteiger partial charge in [0.05, 0.1) is 6.61 Å². The first-order valence-corrected chi connectivity index (χ1v) is 26.8.